The van der Waals surface area contributed by atoms with E-state index in [0.717, 1.165) is 29.7 Å². The van der Waals surface area contributed by atoms with Crippen LogP contribution in [0.3, 0.4) is 0 Å². The van der Waals surface area contributed by atoms with Crippen LogP contribution in [0.15, 0.2) is 54.7 Å². The van der Waals surface area contributed by atoms with Gasteiger partial charge in [-0.25, -0.2) is 9.97 Å². The van der Waals surface area contributed by atoms with Gasteiger partial charge < -0.3 is 4.90 Å². The number of fused-ring (bicyclic) bond motifs is 3. The van der Waals surface area contributed by atoms with E-state index in [-0.39, 0.29) is 0 Å². The van der Waals surface area contributed by atoms with Crippen LogP contribution >= 0.6 is 0 Å². The molecule has 0 radical (unpaired) electrons. The first-order valence-corrected chi connectivity index (χ1v) is 8.46. The molecule has 3 aromatic rings. The van der Waals surface area contributed by atoms with Crippen molar-refractivity contribution in [1.82, 2.24) is 9.97 Å². The summed E-state index contributed by atoms with van der Waals surface area (Å²) in [4.78, 5) is 11.8. The molecule has 2 heterocycles. The fourth-order valence-corrected chi connectivity index (χ4v) is 4.17. The normalized spacial score (nSPS) is 22.9. The molecule has 2 atom stereocenters. The maximum Gasteiger partial charge on any atom is 0.226 e. The Hall–Kier alpha value is -2.42. The summed E-state index contributed by atoms with van der Waals surface area (Å²) in [5.74, 6) is 1.76. The Morgan fingerprint density at radius 1 is 0.957 bits per heavy atom. The third kappa shape index (κ3) is 2.19. The van der Waals surface area contributed by atoms with Crippen molar-refractivity contribution in [3.05, 3.63) is 54.7 Å². The molecular formula is C20H19N3. The summed E-state index contributed by atoms with van der Waals surface area (Å²) in [5.41, 5.74) is 2.18. The second-order valence-corrected chi connectivity index (χ2v) is 6.79. The van der Waals surface area contributed by atoms with E-state index in [1.807, 2.05) is 12.3 Å². The zero-order valence-electron chi connectivity index (χ0n) is 13.0. The first-order valence-electron chi connectivity index (χ1n) is 8.46. The Morgan fingerprint density at radius 3 is 2.70 bits per heavy atom. The van der Waals surface area contributed by atoms with E-state index in [1.165, 1.54) is 30.0 Å². The fraction of sp³-hybridized carbons (Fsp3) is 0.300. The quantitative estimate of drug-likeness (QED) is 0.707. The molecule has 2 bridgehead atoms. The van der Waals surface area contributed by atoms with E-state index in [2.05, 4.69) is 52.3 Å². The number of hydrogen-bond acceptors (Lipinski definition) is 3. The maximum atomic E-state index is 4.87. The van der Waals surface area contributed by atoms with Crippen molar-refractivity contribution in [3.63, 3.8) is 0 Å². The molecule has 1 saturated carbocycles. The van der Waals surface area contributed by atoms with Gasteiger partial charge in [0.15, 0.2) is 0 Å². The zero-order valence-corrected chi connectivity index (χ0v) is 13.0. The van der Waals surface area contributed by atoms with Crippen molar-refractivity contribution in [2.75, 3.05) is 11.4 Å². The first kappa shape index (κ1) is 13.1. The van der Waals surface area contributed by atoms with Gasteiger partial charge in [0.05, 0.1) is 5.69 Å². The van der Waals surface area contributed by atoms with Gasteiger partial charge in [-0.2, -0.15) is 0 Å². The zero-order chi connectivity index (χ0) is 15.2. The smallest absolute Gasteiger partial charge is 0.226 e. The van der Waals surface area contributed by atoms with Crippen LogP contribution in [0.5, 0.6) is 0 Å². The topological polar surface area (TPSA) is 29.0 Å². The lowest BCUT2D eigenvalue weighted by Crippen LogP contribution is -2.33. The van der Waals surface area contributed by atoms with Gasteiger partial charge in [-0.3, -0.25) is 0 Å². The molecule has 23 heavy (non-hydrogen) atoms. The third-order valence-corrected chi connectivity index (χ3v) is 5.35. The lowest BCUT2D eigenvalue weighted by Gasteiger charge is -2.27. The lowest BCUT2D eigenvalue weighted by atomic mass is 10.1. The molecule has 3 nitrogen and oxygen atoms in total. The molecule has 2 aliphatic rings. The van der Waals surface area contributed by atoms with Crippen LogP contribution in [-0.4, -0.2) is 22.6 Å². The Morgan fingerprint density at radius 2 is 1.87 bits per heavy atom. The van der Waals surface area contributed by atoms with Crippen LogP contribution < -0.4 is 4.90 Å². The molecule has 1 saturated heterocycles. The summed E-state index contributed by atoms with van der Waals surface area (Å²) in [6, 6.07) is 17.7. The second kappa shape index (κ2) is 5.05. The summed E-state index contributed by atoms with van der Waals surface area (Å²) < 4.78 is 0. The number of benzene rings is 2. The molecule has 0 amide bonds. The van der Waals surface area contributed by atoms with Crippen molar-refractivity contribution < 1.29 is 0 Å². The molecule has 1 aliphatic carbocycles. The van der Waals surface area contributed by atoms with Crippen molar-refractivity contribution in [2.45, 2.75) is 25.3 Å². The van der Waals surface area contributed by atoms with Gasteiger partial charge in [-0.05, 0) is 48.1 Å². The fourth-order valence-electron chi connectivity index (χ4n) is 4.17. The predicted molar refractivity (Wildman–Crippen MR) is 93.4 cm³/mol. The Kier molecular flexibility index (Phi) is 2.87. The van der Waals surface area contributed by atoms with Crippen LogP contribution in [-0.2, 0) is 0 Å². The highest BCUT2D eigenvalue weighted by Crippen LogP contribution is 2.39. The van der Waals surface area contributed by atoms with Crippen molar-refractivity contribution >= 4 is 16.7 Å². The largest absolute Gasteiger partial charge is 0.338 e. The van der Waals surface area contributed by atoms with Gasteiger partial charge in [0.25, 0.3) is 0 Å². The van der Waals surface area contributed by atoms with E-state index in [4.69, 9.17) is 4.98 Å². The molecule has 0 N–H and O–H groups in total. The average molecular weight is 301 g/mol. The highest BCUT2D eigenvalue weighted by molar-refractivity contribution is 5.86. The number of nitrogens with zero attached hydrogens (tertiary/aromatic N) is 3. The molecule has 0 spiro atoms. The average Bonchev–Trinajstić information content (AvgIpc) is 3.25. The van der Waals surface area contributed by atoms with E-state index >= 15 is 0 Å². The van der Waals surface area contributed by atoms with Gasteiger partial charge in [-0.1, -0.05) is 36.4 Å². The Bertz CT molecular complexity index is 873. The molecule has 3 heteroatoms. The number of anilines is 1. The van der Waals surface area contributed by atoms with Crippen molar-refractivity contribution in [2.24, 2.45) is 5.92 Å². The lowest BCUT2D eigenvalue weighted by molar-refractivity contribution is 0.546. The summed E-state index contributed by atoms with van der Waals surface area (Å²) in [6.07, 6.45) is 5.90. The number of rotatable bonds is 2. The van der Waals surface area contributed by atoms with E-state index in [0.29, 0.717) is 6.04 Å². The van der Waals surface area contributed by atoms with E-state index < -0.39 is 0 Å². The summed E-state index contributed by atoms with van der Waals surface area (Å²) in [5, 5.41) is 2.52. The highest BCUT2D eigenvalue weighted by atomic mass is 15.3. The molecule has 0 unspecified atom stereocenters. The van der Waals surface area contributed by atoms with Crippen molar-refractivity contribution in [1.29, 1.82) is 0 Å². The standard InChI is InChI=1S/C20H19N3/c1-2-4-16-12-17(7-6-15(16)3-1)19-9-10-21-20(22-19)23-13-14-5-8-18(23)11-14/h1-4,6-7,9-10,12,14,18H,5,8,11,13H2/t14-,18+/m1/s1. The molecule has 114 valence electrons. The van der Waals surface area contributed by atoms with E-state index in [1.54, 1.807) is 0 Å². The Balaban J connectivity index is 1.53. The third-order valence-electron chi connectivity index (χ3n) is 5.35. The molecule has 1 aliphatic heterocycles. The minimum Gasteiger partial charge on any atom is -0.338 e. The summed E-state index contributed by atoms with van der Waals surface area (Å²) in [7, 11) is 0. The van der Waals surface area contributed by atoms with Crippen LogP contribution in [0.2, 0.25) is 0 Å². The minimum absolute atomic E-state index is 0.659. The summed E-state index contributed by atoms with van der Waals surface area (Å²) >= 11 is 0. The van der Waals surface area contributed by atoms with Crippen LogP contribution in [0, 0.1) is 5.92 Å². The van der Waals surface area contributed by atoms with Gasteiger partial charge >= 0.3 is 0 Å². The van der Waals surface area contributed by atoms with Crippen molar-refractivity contribution in [3.8, 4) is 11.3 Å². The molecule has 1 aromatic heterocycles. The maximum absolute atomic E-state index is 4.87. The SMILES string of the molecule is c1ccc2cc(-c3ccnc(N4C[C@@H]5CC[C@H]4C5)n3)ccc2c1. The Labute approximate surface area is 136 Å². The van der Waals surface area contributed by atoms with Crippen LogP contribution in [0.4, 0.5) is 5.95 Å². The highest BCUT2D eigenvalue weighted by Gasteiger charge is 2.38. The number of piperidine rings is 1. The number of aromatic nitrogens is 2. The number of hydrogen-bond donors (Lipinski definition) is 0. The van der Waals surface area contributed by atoms with Crippen LogP contribution in [0.25, 0.3) is 22.0 Å². The molecular weight excluding hydrogens is 282 g/mol. The molecule has 5 rings (SSSR count). The molecule has 2 aromatic carbocycles. The van der Waals surface area contributed by atoms with Gasteiger partial charge in [0.1, 0.15) is 0 Å². The first-order chi connectivity index (χ1) is 11.4. The summed E-state index contributed by atoms with van der Waals surface area (Å²) in [6.45, 7) is 1.13. The molecule has 2 fully saturated rings. The van der Waals surface area contributed by atoms with Gasteiger partial charge in [0, 0.05) is 24.3 Å². The minimum atomic E-state index is 0.659. The van der Waals surface area contributed by atoms with Gasteiger partial charge in [-0.15, -0.1) is 0 Å². The van der Waals surface area contributed by atoms with Gasteiger partial charge in [0.2, 0.25) is 5.95 Å². The van der Waals surface area contributed by atoms with E-state index in [9.17, 15) is 0 Å². The monoisotopic (exact) mass is 301 g/mol. The van der Waals surface area contributed by atoms with Crippen LogP contribution in [0.1, 0.15) is 19.3 Å². The second-order valence-electron chi connectivity index (χ2n) is 6.79. The predicted octanol–water partition coefficient (Wildman–Crippen LogP) is 4.29.